The summed E-state index contributed by atoms with van der Waals surface area (Å²) in [7, 11) is 0. The van der Waals surface area contributed by atoms with Crippen LogP contribution in [0.4, 0.5) is 0 Å². The first-order valence-electron chi connectivity index (χ1n) is 5.20. The lowest BCUT2D eigenvalue weighted by Gasteiger charge is -2.35. The number of hydrogen-bond donors (Lipinski definition) is 0. The molecule has 0 bridgehead atoms. The van der Waals surface area contributed by atoms with Crippen LogP contribution >= 0.6 is 11.8 Å². The standard InChI is InChI=1S/C10H21NS/c1-3-5-10-9-12-8-7-11(10)6-4-2/h10H,3-9H2,1-2H3. The Morgan fingerprint density at radius 3 is 2.83 bits per heavy atom. The lowest BCUT2D eigenvalue weighted by atomic mass is 10.1. The summed E-state index contributed by atoms with van der Waals surface area (Å²) in [6.07, 6.45) is 4.04. The van der Waals surface area contributed by atoms with E-state index in [-0.39, 0.29) is 0 Å². The van der Waals surface area contributed by atoms with Crippen LogP contribution in [-0.2, 0) is 0 Å². The average Bonchev–Trinajstić information content (AvgIpc) is 2.09. The van der Waals surface area contributed by atoms with Gasteiger partial charge < -0.3 is 0 Å². The number of hydrogen-bond acceptors (Lipinski definition) is 2. The molecule has 0 amide bonds. The predicted octanol–water partition coefficient (Wildman–Crippen LogP) is 2.61. The third kappa shape index (κ3) is 2.98. The average molecular weight is 187 g/mol. The van der Waals surface area contributed by atoms with E-state index in [4.69, 9.17) is 0 Å². The first-order chi connectivity index (χ1) is 5.88. The van der Waals surface area contributed by atoms with Crippen LogP contribution in [0, 0.1) is 0 Å². The molecule has 1 aliphatic heterocycles. The summed E-state index contributed by atoms with van der Waals surface area (Å²) < 4.78 is 0. The molecule has 1 saturated heterocycles. The Morgan fingerprint density at radius 1 is 1.33 bits per heavy atom. The normalized spacial score (nSPS) is 26.0. The van der Waals surface area contributed by atoms with Crippen molar-refractivity contribution in [2.45, 2.75) is 39.2 Å². The Kier molecular flexibility index (Phi) is 5.08. The lowest BCUT2D eigenvalue weighted by Crippen LogP contribution is -2.42. The van der Waals surface area contributed by atoms with E-state index in [0.717, 1.165) is 6.04 Å². The molecule has 0 N–H and O–H groups in total. The molecule has 1 aliphatic rings. The molecule has 0 aliphatic carbocycles. The van der Waals surface area contributed by atoms with E-state index in [9.17, 15) is 0 Å². The van der Waals surface area contributed by atoms with Crippen LogP contribution in [0.1, 0.15) is 33.1 Å². The van der Waals surface area contributed by atoms with Crippen LogP contribution in [0.3, 0.4) is 0 Å². The van der Waals surface area contributed by atoms with E-state index < -0.39 is 0 Å². The zero-order chi connectivity index (χ0) is 8.81. The SMILES string of the molecule is CCCC1CSCCN1CCC. The van der Waals surface area contributed by atoms with Crippen molar-refractivity contribution < 1.29 is 0 Å². The Morgan fingerprint density at radius 2 is 2.17 bits per heavy atom. The molecule has 1 atom stereocenters. The van der Waals surface area contributed by atoms with Crippen LogP contribution in [0.5, 0.6) is 0 Å². The quantitative estimate of drug-likeness (QED) is 0.665. The molecule has 0 aromatic heterocycles. The van der Waals surface area contributed by atoms with E-state index in [2.05, 4.69) is 30.5 Å². The van der Waals surface area contributed by atoms with Crippen LogP contribution in [0.2, 0.25) is 0 Å². The molecule has 1 nitrogen and oxygen atoms in total. The van der Waals surface area contributed by atoms with Gasteiger partial charge in [-0.1, -0.05) is 20.3 Å². The Bertz CT molecular complexity index is 98.4. The third-order valence-corrected chi connectivity index (χ3v) is 3.57. The van der Waals surface area contributed by atoms with E-state index in [0.29, 0.717) is 0 Å². The second kappa shape index (κ2) is 5.87. The molecular formula is C10H21NS. The van der Waals surface area contributed by atoms with Gasteiger partial charge in [0.05, 0.1) is 0 Å². The molecule has 12 heavy (non-hydrogen) atoms. The maximum absolute atomic E-state index is 2.68. The van der Waals surface area contributed by atoms with Crippen molar-refractivity contribution in [3.63, 3.8) is 0 Å². The zero-order valence-corrected chi connectivity index (χ0v) is 9.20. The van der Waals surface area contributed by atoms with Gasteiger partial charge in [0.15, 0.2) is 0 Å². The molecule has 0 aromatic rings. The first-order valence-corrected chi connectivity index (χ1v) is 6.35. The van der Waals surface area contributed by atoms with Crippen LogP contribution in [0.25, 0.3) is 0 Å². The minimum absolute atomic E-state index is 0.883. The highest BCUT2D eigenvalue weighted by molar-refractivity contribution is 7.99. The summed E-state index contributed by atoms with van der Waals surface area (Å²) in [5.74, 6) is 2.72. The molecule has 0 spiro atoms. The molecule has 0 saturated carbocycles. The summed E-state index contributed by atoms with van der Waals surface area (Å²) in [6.45, 7) is 7.21. The lowest BCUT2D eigenvalue weighted by molar-refractivity contribution is 0.208. The highest BCUT2D eigenvalue weighted by Gasteiger charge is 2.20. The maximum Gasteiger partial charge on any atom is 0.0186 e. The van der Waals surface area contributed by atoms with E-state index in [1.165, 1.54) is 43.9 Å². The zero-order valence-electron chi connectivity index (χ0n) is 8.38. The van der Waals surface area contributed by atoms with Gasteiger partial charge in [0.2, 0.25) is 0 Å². The van der Waals surface area contributed by atoms with Crippen molar-refractivity contribution in [2.24, 2.45) is 0 Å². The molecule has 1 fully saturated rings. The molecule has 1 heterocycles. The molecule has 1 unspecified atom stereocenters. The maximum atomic E-state index is 2.68. The van der Waals surface area contributed by atoms with Crippen LogP contribution < -0.4 is 0 Å². The van der Waals surface area contributed by atoms with E-state index >= 15 is 0 Å². The molecule has 2 heteroatoms. The van der Waals surface area contributed by atoms with Crippen molar-refractivity contribution in [2.75, 3.05) is 24.6 Å². The fraction of sp³-hybridized carbons (Fsp3) is 1.00. The summed E-state index contributed by atoms with van der Waals surface area (Å²) in [5, 5.41) is 0. The van der Waals surface area contributed by atoms with E-state index in [1.807, 2.05) is 0 Å². The summed E-state index contributed by atoms with van der Waals surface area (Å²) in [5.41, 5.74) is 0. The van der Waals surface area contributed by atoms with Gasteiger partial charge >= 0.3 is 0 Å². The monoisotopic (exact) mass is 187 g/mol. The minimum Gasteiger partial charge on any atom is -0.299 e. The number of nitrogens with zero attached hydrogens (tertiary/aromatic N) is 1. The second-order valence-corrected chi connectivity index (χ2v) is 4.70. The van der Waals surface area contributed by atoms with Crippen LogP contribution in [-0.4, -0.2) is 35.5 Å². The first kappa shape index (κ1) is 10.4. The van der Waals surface area contributed by atoms with Gasteiger partial charge in [0, 0.05) is 24.1 Å². The second-order valence-electron chi connectivity index (χ2n) is 3.55. The van der Waals surface area contributed by atoms with Gasteiger partial charge in [-0.3, -0.25) is 4.90 Å². The van der Waals surface area contributed by atoms with Crippen molar-refractivity contribution in [3.8, 4) is 0 Å². The predicted molar refractivity (Wildman–Crippen MR) is 57.9 cm³/mol. The van der Waals surface area contributed by atoms with Crippen molar-refractivity contribution in [1.29, 1.82) is 0 Å². The smallest absolute Gasteiger partial charge is 0.0186 e. The van der Waals surface area contributed by atoms with Crippen molar-refractivity contribution in [1.82, 2.24) is 4.90 Å². The van der Waals surface area contributed by atoms with Gasteiger partial charge in [0.25, 0.3) is 0 Å². The molecule has 0 aromatic carbocycles. The molecule has 1 rings (SSSR count). The van der Waals surface area contributed by atoms with Crippen molar-refractivity contribution in [3.05, 3.63) is 0 Å². The highest BCUT2D eigenvalue weighted by Crippen LogP contribution is 2.19. The largest absolute Gasteiger partial charge is 0.299 e. The highest BCUT2D eigenvalue weighted by atomic mass is 32.2. The fourth-order valence-corrected chi connectivity index (χ4v) is 3.05. The third-order valence-electron chi connectivity index (χ3n) is 2.48. The van der Waals surface area contributed by atoms with Gasteiger partial charge in [-0.25, -0.2) is 0 Å². The van der Waals surface area contributed by atoms with Gasteiger partial charge in [-0.2, -0.15) is 11.8 Å². The molecule has 72 valence electrons. The van der Waals surface area contributed by atoms with Crippen molar-refractivity contribution >= 4 is 11.8 Å². The summed E-state index contributed by atoms with van der Waals surface area (Å²) in [6, 6.07) is 0.883. The van der Waals surface area contributed by atoms with Gasteiger partial charge in [-0.15, -0.1) is 0 Å². The Hall–Kier alpha value is 0.310. The van der Waals surface area contributed by atoms with E-state index in [1.54, 1.807) is 0 Å². The van der Waals surface area contributed by atoms with Gasteiger partial charge in [-0.05, 0) is 19.4 Å². The number of thioether (sulfide) groups is 1. The molecular weight excluding hydrogens is 166 g/mol. The number of rotatable bonds is 4. The fourth-order valence-electron chi connectivity index (χ4n) is 1.87. The van der Waals surface area contributed by atoms with Crippen LogP contribution in [0.15, 0.2) is 0 Å². The summed E-state index contributed by atoms with van der Waals surface area (Å²) in [4.78, 5) is 2.68. The topological polar surface area (TPSA) is 3.24 Å². The Balaban J connectivity index is 2.31. The van der Waals surface area contributed by atoms with Gasteiger partial charge in [0.1, 0.15) is 0 Å². The molecule has 0 radical (unpaired) electrons. The minimum atomic E-state index is 0.883. The summed E-state index contributed by atoms with van der Waals surface area (Å²) >= 11 is 2.13. The Labute approximate surface area is 80.9 Å².